The summed E-state index contributed by atoms with van der Waals surface area (Å²) in [5.74, 6) is -0.197. The number of carbonyl (C=O) groups excluding carboxylic acids is 1. The van der Waals surface area contributed by atoms with Gasteiger partial charge in [0, 0.05) is 24.0 Å². The Balaban J connectivity index is 2.81. The second kappa shape index (κ2) is 6.31. The van der Waals surface area contributed by atoms with Gasteiger partial charge in [0.15, 0.2) is 0 Å². The number of nitrogens with one attached hydrogen (secondary N) is 2. The molecule has 0 aromatic heterocycles. The third-order valence-corrected chi connectivity index (χ3v) is 3.80. The molecular weight excluding hydrogens is 320 g/mol. The quantitative estimate of drug-likeness (QED) is 0.805. The van der Waals surface area contributed by atoms with Gasteiger partial charge in [0.2, 0.25) is 15.9 Å². The number of amides is 1. The molecule has 1 aromatic rings. The summed E-state index contributed by atoms with van der Waals surface area (Å²) < 4.78 is 26.2. The van der Waals surface area contributed by atoms with Gasteiger partial charge in [-0.05, 0) is 24.3 Å². The Labute approximate surface area is 115 Å². The van der Waals surface area contributed by atoms with Crippen molar-refractivity contribution in [1.82, 2.24) is 4.72 Å². The number of alkyl halides is 1. The van der Waals surface area contributed by atoms with Gasteiger partial charge in [0.25, 0.3) is 0 Å². The lowest BCUT2D eigenvalue weighted by molar-refractivity contribution is -0.114. The van der Waals surface area contributed by atoms with Gasteiger partial charge in [-0.3, -0.25) is 4.79 Å². The van der Waals surface area contributed by atoms with E-state index in [1.807, 2.05) is 6.92 Å². The highest BCUT2D eigenvalue weighted by Crippen LogP contribution is 2.14. The van der Waals surface area contributed by atoms with Crippen molar-refractivity contribution in [2.24, 2.45) is 0 Å². The van der Waals surface area contributed by atoms with Crippen LogP contribution in [0.1, 0.15) is 13.8 Å². The highest BCUT2D eigenvalue weighted by atomic mass is 79.9. The van der Waals surface area contributed by atoms with Crippen LogP contribution in [0.4, 0.5) is 5.69 Å². The molecule has 0 heterocycles. The van der Waals surface area contributed by atoms with E-state index < -0.39 is 10.0 Å². The van der Waals surface area contributed by atoms with Gasteiger partial charge in [-0.15, -0.1) is 0 Å². The van der Waals surface area contributed by atoms with Gasteiger partial charge >= 0.3 is 0 Å². The maximum atomic E-state index is 11.9. The number of rotatable bonds is 5. The number of sulfonamides is 1. The molecule has 18 heavy (non-hydrogen) atoms. The van der Waals surface area contributed by atoms with Crippen LogP contribution in [-0.2, 0) is 14.8 Å². The Bertz CT molecular complexity index is 512. The molecule has 0 aliphatic rings. The molecule has 0 saturated heterocycles. The minimum absolute atomic E-state index is 0.0610. The highest BCUT2D eigenvalue weighted by molar-refractivity contribution is 9.09. The normalized spacial score (nSPS) is 13.1. The molecule has 100 valence electrons. The number of halogens is 1. The van der Waals surface area contributed by atoms with Crippen LogP contribution in [0.3, 0.4) is 0 Å². The third kappa shape index (κ3) is 4.75. The van der Waals surface area contributed by atoms with Crippen molar-refractivity contribution in [2.75, 3.05) is 11.9 Å². The maximum absolute atomic E-state index is 11.9. The first-order valence-corrected chi connectivity index (χ1v) is 7.72. The lowest BCUT2D eigenvalue weighted by atomic mass is 10.3. The topological polar surface area (TPSA) is 75.3 Å². The fraction of sp³-hybridized carbons (Fsp3) is 0.364. The van der Waals surface area contributed by atoms with E-state index in [0.29, 0.717) is 12.2 Å². The Hall–Kier alpha value is -0.920. The molecule has 1 rings (SSSR count). The van der Waals surface area contributed by atoms with Crippen LogP contribution < -0.4 is 10.0 Å². The van der Waals surface area contributed by atoms with Crippen LogP contribution in [0.2, 0.25) is 0 Å². The molecule has 2 N–H and O–H groups in total. The second-order valence-electron chi connectivity index (χ2n) is 3.84. The molecule has 0 fully saturated rings. The third-order valence-electron chi connectivity index (χ3n) is 2.04. The Morgan fingerprint density at radius 1 is 1.33 bits per heavy atom. The Morgan fingerprint density at radius 2 is 1.89 bits per heavy atom. The van der Waals surface area contributed by atoms with Gasteiger partial charge < -0.3 is 5.32 Å². The zero-order valence-corrected chi connectivity index (χ0v) is 12.5. The van der Waals surface area contributed by atoms with E-state index in [0.717, 1.165) is 0 Å². The molecule has 0 spiro atoms. The monoisotopic (exact) mass is 334 g/mol. The second-order valence-corrected chi connectivity index (χ2v) is 7.17. The summed E-state index contributed by atoms with van der Waals surface area (Å²) in [5.41, 5.74) is 0.565. The molecule has 1 atom stereocenters. The minimum atomic E-state index is -3.49. The smallest absolute Gasteiger partial charge is 0.240 e. The number of anilines is 1. The van der Waals surface area contributed by atoms with Gasteiger partial charge in [-0.25, -0.2) is 13.1 Å². The highest BCUT2D eigenvalue weighted by Gasteiger charge is 2.14. The molecule has 0 aliphatic carbocycles. The molecule has 1 amide bonds. The maximum Gasteiger partial charge on any atom is 0.240 e. The number of benzene rings is 1. The zero-order valence-electron chi connectivity index (χ0n) is 10.1. The molecule has 5 nitrogen and oxygen atoms in total. The first-order chi connectivity index (χ1) is 8.31. The minimum Gasteiger partial charge on any atom is -0.326 e. The van der Waals surface area contributed by atoms with E-state index in [1.54, 1.807) is 12.1 Å². The van der Waals surface area contributed by atoms with E-state index in [2.05, 4.69) is 26.0 Å². The van der Waals surface area contributed by atoms with Crippen LogP contribution in [-0.4, -0.2) is 25.7 Å². The molecule has 7 heteroatoms. The summed E-state index contributed by atoms with van der Waals surface area (Å²) in [5, 5.41) is 2.57. The van der Waals surface area contributed by atoms with Gasteiger partial charge in [0.1, 0.15) is 0 Å². The molecule has 0 aliphatic heterocycles. The van der Waals surface area contributed by atoms with E-state index >= 15 is 0 Å². The Morgan fingerprint density at radius 3 is 2.33 bits per heavy atom. The summed E-state index contributed by atoms with van der Waals surface area (Å²) in [4.78, 5) is 11.1. The lowest BCUT2D eigenvalue weighted by Gasteiger charge is -2.08. The summed E-state index contributed by atoms with van der Waals surface area (Å²) in [7, 11) is -3.49. The zero-order chi connectivity index (χ0) is 13.8. The number of hydrogen-bond donors (Lipinski definition) is 2. The number of carbonyl (C=O) groups is 1. The summed E-state index contributed by atoms with van der Waals surface area (Å²) in [6.07, 6.45) is 0. The van der Waals surface area contributed by atoms with Gasteiger partial charge in [-0.2, -0.15) is 0 Å². The van der Waals surface area contributed by atoms with Crippen LogP contribution in [0.5, 0.6) is 0 Å². The van der Waals surface area contributed by atoms with Gasteiger partial charge in [0.05, 0.1) is 4.90 Å². The standard InChI is InChI=1S/C11H15BrN2O3S/c1-8(12)7-13-18(16,17)11-5-3-10(4-6-11)14-9(2)15/h3-6,8,13H,7H2,1-2H3,(H,14,15). The van der Waals surface area contributed by atoms with Crippen molar-refractivity contribution < 1.29 is 13.2 Å². The lowest BCUT2D eigenvalue weighted by Crippen LogP contribution is -2.28. The fourth-order valence-corrected chi connectivity index (χ4v) is 2.74. The molecule has 0 radical (unpaired) electrons. The SMILES string of the molecule is CC(=O)Nc1ccc(S(=O)(=O)NCC(C)Br)cc1. The average Bonchev–Trinajstić information content (AvgIpc) is 2.26. The first kappa shape index (κ1) is 15.1. The van der Waals surface area contributed by atoms with Crippen LogP contribution in [0, 0.1) is 0 Å². The van der Waals surface area contributed by atoms with Crippen LogP contribution in [0.25, 0.3) is 0 Å². The van der Waals surface area contributed by atoms with E-state index in [-0.39, 0.29) is 15.6 Å². The Kier molecular flexibility index (Phi) is 5.30. The summed E-state index contributed by atoms with van der Waals surface area (Å²) >= 11 is 3.26. The van der Waals surface area contributed by atoms with E-state index in [4.69, 9.17) is 0 Å². The predicted octanol–water partition coefficient (Wildman–Crippen LogP) is 1.71. The molecule has 1 unspecified atom stereocenters. The number of hydrogen-bond acceptors (Lipinski definition) is 3. The van der Waals surface area contributed by atoms with Crippen LogP contribution >= 0.6 is 15.9 Å². The molecule has 1 aromatic carbocycles. The fourth-order valence-electron chi connectivity index (χ4n) is 1.23. The molecule has 0 saturated carbocycles. The van der Waals surface area contributed by atoms with Crippen molar-refractivity contribution in [1.29, 1.82) is 0 Å². The van der Waals surface area contributed by atoms with Crippen molar-refractivity contribution in [3.8, 4) is 0 Å². The van der Waals surface area contributed by atoms with Crippen molar-refractivity contribution in [3.63, 3.8) is 0 Å². The van der Waals surface area contributed by atoms with E-state index in [9.17, 15) is 13.2 Å². The summed E-state index contributed by atoms with van der Waals surface area (Å²) in [6, 6.07) is 6.00. The van der Waals surface area contributed by atoms with E-state index in [1.165, 1.54) is 19.1 Å². The largest absolute Gasteiger partial charge is 0.326 e. The predicted molar refractivity (Wildman–Crippen MR) is 74.3 cm³/mol. The average molecular weight is 335 g/mol. The summed E-state index contributed by atoms with van der Waals surface area (Å²) in [6.45, 7) is 3.56. The van der Waals surface area contributed by atoms with Gasteiger partial charge in [-0.1, -0.05) is 22.9 Å². The molecule has 0 bridgehead atoms. The van der Waals surface area contributed by atoms with Crippen molar-refractivity contribution in [3.05, 3.63) is 24.3 Å². The van der Waals surface area contributed by atoms with Crippen LogP contribution in [0.15, 0.2) is 29.2 Å². The first-order valence-electron chi connectivity index (χ1n) is 5.32. The van der Waals surface area contributed by atoms with Crippen molar-refractivity contribution in [2.45, 2.75) is 23.6 Å². The van der Waals surface area contributed by atoms with Crippen molar-refractivity contribution >= 4 is 37.5 Å². The molecular formula is C11H15BrN2O3S.